The molecule has 0 radical (unpaired) electrons. The molecule has 1 aliphatic rings. The fraction of sp³-hybridized carbons (Fsp3) is 0.312. The van der Waals surface area contributed by atoms with E-state index in [4.69, 9.17) is 11.6 Å². The first kappa shape index (κ1) is 12.5. The van der Waals surface area contributed by atoms with E-state index >= 15 is 0 Å². The van der Waals surface area contributed by atoms with E-state index in [1.165, 1.54) is 5.69 Å². The standard InChI is InChI=1S/C16H16ClNO/c1-11-9-13-15(7-4-8-16(13)19)18(11)10-12-5-2-3-6-14(12)17/h2-3,5-6,9H,4,7-8,10H2,1H3. The molecule has 0 unspecified atom stereocenters. The van der Waals surface area contributed by atoms with Gasteiger partial charge in [-0.15, -0.1) is 0 Å². The fourth-order valence-electron chi connectivity index (χ4n) is 2.81. The summed E-state index contributed by atoms with van der Waals surface area (Å²) in [5.41, 5.74) is 4.33. The minimum Gasteiger partial charge on any atom is -0.344 e. The minimum atomic E-state index is 0.280. The summed E-state index contributed by atoms with van der Waals surface area (Å²) in [7, 11) is 0. The van der Waals surface area contributed by atoms with Gasteiger partial charge in [-0.25, -0.2) is 0 Å². The third kappa shape index (κ3) is 2.21. The largest absolute Gasteiger partial charge is 0.344 e. The zero-order chi connectivity index (χ0) is 13.4. The number of fused-ring (bicyclic) bond motifs is 1. The molecule has 0 spiro atoms. The van der Waals surface area contributed by atoms with Gasteiger partial charge in [-0.3, -0.25) is 4.79 Å². The van der Waals surface area contributed by atoms with Crippen molar-refractivity contribution in [2.75, 3.05) is 0 Å². The lowest BCUT2D eigenvalue weighted by atomic mass is 9.96. The van der Waals surface area contributed by atoms with Crippen molar-refractivity contribution in [2.45, 2.75) is 32.7 Å². The normalized spacial score (nSPS) is 14.5. The average molecular weight is 274 g/mol. The molecule has 0 fully saturated rings. The Morgan fingerprint density at radius 3 is 2.84 bits per heavy atom. The third-order valence-corrected chi connectivity index (χ3v) is 4.19. The van der Waals surface area contributed by atoms with Gasteiger partial charge in [0.2, 0.25) is 0 Å². The van der Waals surface area contributed by atoms with Crippen molar-refractivity contribution in [1.82, 2.24) is 4.57 Å². The number of nitrogens with zero attached hydrogens (tertiary/aromatic N) is 1. The summed E-state index contributed by atoms with van der Waals surface area (Å²) in [4.78, 5) is 11.9. The molecule has 3 rings (SSSR count). The van der Waals surface area contributed by atoms with E-state index in [9.17, 15) is 4.79 Å². The van der Waals surface area contributed by atoms with Gasteiger partial charge in [0.05, 0.1) is 0 Å². The first-order chi connectivity index (χ1) is 9.16. The number of ketones is 1. The van der Waals surface area contributed by atoms with Crippen LogP contribution < -0.4 is 0 Å². The van der Waals surface area contributed by atoms with Gasteiger partial charge in [0.15, 0.2) is 5.78 Å². The van der Waals surface area contributed by atoms with Gasteiger partial charge in [0.25, 0.3) is 0 Å². The number of rotatable bonds is 2. The molecule has 1 heterocycles. The van der Waals surface area contributed by atoms with Crippen LogP contribution in [-0.2, 0) is 13.0 Å². The number of aromatic nitrogens is 1. The number of hydrogen-bond donors (Lipinski definition) is 0. The van der Waals surface area contributed by atoms with Crippen molar-refractivity contribution in [3.05, 3.63) is 57.9 Å². The van der Waals surface area contributed by atoms with E-state index in [0.717, 1.165) is 41.2 Å². The van der Waals surface area contributed by atoms with Crippen molar-refractivity contribution in [3.8, 4) is 0 Å². The van der Waals surface area contributed by atoms with Crippen LogP contribution in [0.2, 0.25) is 5.02 Å². The van der Waals surface area contributed by atoms with Gasteiger partial charge in [0.1, 0.15) is 0 Å². The first-order valence-electron chi connectivity index (χ1n) is 6.62. The molecule has 0 aliphatic heterocycles. The number of aryl methyl sites for hydroxylation is 1. The summed E-state index contributed by atoms with van der Waals surface area (Å²) in [6, 6.07) is 9.91. The smallest absolute Gasteiger partial charge is 0.164 e. The Morgan fingerprint density at radius 1 is 1.26 bits per heavy atom. The molecule has 1 aliphatic carbocycles. The highest BCUT2D eigenvalue weighted by Gasteiger charge is 2.22. The molecule has 0 saturated heterocycles. The lowest BCUT2D eigenvalue weighted by Gasteiger charge is -2.16. The van der Waals surface area contributed by atoms with Crippen LogP contribution in [-0.4, -0.2) is 10.4 Å². The summed E-state index contributed by atoms with van der Waals surface area (Å²) in [5.74, 6) is 0.280. The fourth-order valence-corrected chi connectivity index (χ4v) is 3.00. The number of halogens is 1. The molecule has 19 heavy (non-hydrogen) atoms. The maximum atomic E-state index is 11.9. The second kappa shape index (κ2) is 4.86. The monoisotopic (exact) mass is 273 g/mol. The summed E-state index contributed by atoms with van der Waals surface area (Å²) in [5, 5.41) is 0.784. The van der Waals surface area contributed by atoms with Crippen LogP contribution in [0.1, 0.15) is 40.2 Å². The molecule has 2 aromatic rings. The van der Waals surface area contributed by atoms with Crippen LogP contribution in [0, 0.1) is 6.92 Å². The van der Waals surface area contributed by atoms with E-state index in [1.807, 2.05) is 30.3 Å². The van der Waals surface area contributed by atoms with Gasteiger partial charge < -0.3 is 4.57 Å². The van der Waals surface area contributed by atoms with Crippen molar-refractivity contribution in [1.29, 1.82) is 0 Å². The molecule has 98 valence electrons. The van der Waals surface area contributed by atoms with E-state index in [2.05, 4.69) is 11.5 Å². The predicted octanol–water partition coefficient (Wildman–Crippen LogP) is 4.02. The lowest BCUT2D eigenvalue weighted by molar-refractivity contribution is 0.0972. The van der Waals surface area contributed by atoms with Gasteiger partial charge in [-0.1, -0.05) is 29.8 Å². The van der Waals surface area contributed by atoms with Crippen molar-refractivity contribution < 1.29 is 4.79 Å². The van der Waals surface area contributed by atoms with Crippen LogP contribution in [0.4, 0.5) is 0 Å². The lowest BCUT2D eigenvalue weighted by Crippen LogP contribution is -2.14. The molecule has 1 aromatic heterocycles. The van der Waals surface area contributed by atoms with Crippen LogP contribution in [0.3, 0.4) is 0 Å². The molecule has 0 bridgehead atoms. The number of benzene rings is 1. The summed E-state index contributed by atoms with van der Waals surface area (Å²) in [6.07, 6.45) is 2.62. The molecule has 0 atom stereocenters. The Kier molecular flexibility index (Phi) is 3.19. The van der Waals surface area contributed by atoms with Crippen molar-refractivity contribution in [2.24, 2.45) is 0 Å². The highest BCUT2D eigenvalue weighted by atomic mass is 35.5. The first-order valence-corrected chi connectivity index (χ1v) is 7.00. The number of carbonyl (C=O) groups is 1. The van der Waals surface area contributed by atoms with E-state index in [-0.39, 0.29) is 5.78 Å². The van der Waals surface area contributed by atoms with Gasteiger partial charge in [-0.2, -0.15) is 0 Å². The Labute approximate surface area is 118 Å². The number of Topliss-reactive ketones (excluding diaryl/α,β-unsaturated/α-hetero) is 1. The molecular weight excluding hydrogens is 258 g/mol. The van der Waals surface area contributed by atoms with Crippen molar-refractivity contribution in [3.63, 3.8) is 0 Å². The highest BCUT2D eigenvalue weighted by molar-refractivity contribution is 6.31. The summed E-state index contributed by atoms with van der Waals surface area (Å²) < 4.78 is 2.23. The molecule has 2 nitrogen and oxygen atoms in total. The molecule has 0 saturated carbocycles. The Morgan fingerprint density at radius 2 is 2.05 bits per heavy atom. The van der Waals surface area contributed by atoms with Crippen LogP contribution in [0.5, 0.6) is 0 Å². The second-order valence-electron chi connectivity index (χ2n) is 5.10. The maximum absolute atomic E-state index is 11.9. The zero-order valence-corrected chi connectivity index (χ0v) is 11.7. The topological polar surface area (TPSA) is 22.0 Å². The predicted molar refractivity (Wildman–Crippen MR) is 77.0 cm³/mol. The van der Waals surface area contributed by atoms with Crippen LogP contribution in [0.25, 0.3) is 0 Å². The van der Waals surface area contributed by atoms with E-state index < -0.39 is 0 Å². The van der Waals surface area contributed by atoms with Crippen LogP contribution in [0.15, 0.2) is 30.3 Å². The zero-order valence-electron chi connectivity index (χ0n) is 10.9. The van der Waals surface area contributed by atoms with E-state index in [1.54, 1.807) is 0 Å². The third-order valence-electron chi connectivity index (χ3n) is 3.82. The molecule has 0 amide bonds. The van der Waals surface area contributed by atoms with Gasteiger partial charge >= 0.3 is 0 Å². The molecule has 3 heteroatoms. The Balaban J connectivity index is 2.02. The summed E-state index contributed by atoms with van der Waals surface area (Å²) >= 11 is 6.23. The maximum Gasteiger partial charge on any atom is 0.164 e. The summed E-state index contributed by atoms with van der Waals surface area (Å²) in [6.45, 7) is 2.80. The molecule has 0 N–H and O–H groups in total. The quantitative estimate of drug-likeness (QED) is 0.810. The van der Waals surface area contributed by atoms with E-state index in [0.29, 0.717) is 6.42 Å². The SMILES string of the molecule is Cc1cc2c(n1Cc1ccccc1Cl)CCCC2=O. The average Bonchev–Trinajstić information content (AvgIpc) is 2.71. The van der Waals surface area contributed by atoms with Crippen LogP contribution >= 0.6 is 11.6 Å². The number of carbonyl (C=O) groups excluding carboxylic acids is 1. The van der Waals surface area contributed by atoms with Gasteiger partial charge in [0, 0.05) is 34.9 Å². The van der Waals surface area contributed by atoms with Crippen molar-refractivity contribution >= 4 is 17.4 Å². The van der Waals surface area contributed by atoms with Gasteiger partial charge in [-0.05, 0) is 37.5 Å². The molecule has 1 aromatic carbocycles. The Bertz CT molecular complexity index is 642. The molecular formula is C16H16ClNO. The number of hydrogen-bond acceptors (Lipinski definition) is 1. The highest BCUT2D eigenvalue weighted by Crippen LogP contribution is 2.27. The second-order valence-corrected chi connectivity index (χ2v) is 5.51. The minimum absolute atomic E-state index is 0.280. The Hall–Kier alpha value is -1.54.